The number of hydrogen-bond donors (Lipinski definition) is 2. The van der Waals surface area contributed by atoms with Gasteiger partial charge in [-0.3, -0.25) is 24.5 Å². The normalized spacial score (nSPS) is 18.1. The van der Waals surface area contributed by atoms with Gasteiger partial charge in [0.1, 0.15) is 6.04 Å². The maximum absolute atomic E-state index is 12.6. The Bertz CT molecular complexity index is 895. The Balaban J connectivity index is 1.55. The number of nitrogens with one attached hydrogen (secondary N) is 2. The number of rotatable bonds is 8. The van der Waals surface area contributed by atoms with Gasteiger partial charge in [0.2, 0.25) is 17.7 Å². The lowest BCUT2D eigenvalue weighted by Gasteiger charge is -2.29. The van der Waals surface area contributed by atoms with Crippen molar-refractivity contribution < 1.29 is 23.9 Å². The molecule has 0 saturated carbocycles. The van der Waals surface area contributed by atoms with Gasteiger partial charge in [-0.15, -0.1) is 0 Å². The first-order chi connectivity index (χ1) is 14.0. The highest BCUT2D eigenvalue weighted by atomic mass is 16.5. The number of hydrogen-bond acceptors (Lipinski definition) is 6. The van der Waals surface area contributed by atoms with Gasteiger partial charge in [-0.25, -0.2) is 0 Å². The summed E-state index contributed by atoms with van der Waals surface area (Å²) in [7, 11) is 0. The summed E-state index contributed by atoms with van der Waals surface area (Å²) in [5, 5.41) is 8.33. The van der Waals surface area contributed by atoms with E-state index in [9.17, 15) is 19.2 Å². The van der Waals surface area contributed by atoms with E-state index in [4.69, 9.17) is 10.3 Å². The quantitative estimate of drug-likeness (QED) is 0.220. The van der Waals surface area contributed by atoms with Gasteiger partial charge in [-0.05, 0) is 35.7 Å². The Morgan fingerprint density at radius 2 is 2.17 bits per heavy atom. The van der Waals surface area contributed by atoms with Crippen molar-refractivity contribution in [1.82, 2.24) is 10.2 Å². The molecule has 29 heavy (non-hydrogen) atoms. The average Bonchev–Trinajstić information content (AvgIpc) is 3.00. The smallest absolute Gasteiger partial charge is 0.255 e. The maximum Gasteiger partial charge on any atom is 0.255 e. The Morgan fingerprint density at radius 3 is 2.93 bits per heavy atom. The number of carbonyl (C=O) groups excluding carboxylic acids is 4. The van der Waals surface area contributed by atoms with Crippen LogP contribution >= 0.6 is 0 Å². The second-order valence-corrected chi connectivity index (χ2v) is 6.64. The molecule has 4 amide bonds. The van der Waals surface area contributed by atoms with Gasteiger partial charge in [-0.2, -0.15) is 0 Å². The molecule has 3 rings (SSSR count). The zero-order valence-corrected chi connectivity index (χ0v) is 15.6. The summed E-state index contributed by atoms with van der Waals surface area (Å²) >= 11 is 0. The molecule has 0 aromatic heterocycles. The molecule has 1 atom stereocenters. The molecule has 11 heteroatoms. The molecule has 0 bridgehead atoms. The molecular formula is C18H20N6O5. The summed E-state index contributed by atoms with van der Waals surface area (Å²) in [4.78, 5) is 52.1. The minimum absolute atomic E-state index is 0.134. The van der Waals surface area contributed by atoms with Gasteiger partial charge in [0, 0.05) is 35.7 Å². The third-order valence-corrected chi connectivity index (χ3v) is 4.68. The van der Waals surface area contributed by atoms with Gasteiger partial charge in [0.25, 0.3) is 5.91 Å². The van der Waals surface area contributed by atoms with Crippen molar-refractivity contribution in [3.63, 3.8) is 0 Å². The van der Waals surface area contributed by atoms with Crippen LogP contribution in [0.3, 0.4) is 0 Å². The topological polar surface area (TPSA) is 154 Å². The number of nitrogens with zero attached hydrogens (tertiary/aromatic N) is 4. The Hall–Kier alpha value is -3.43. The van der Waals surface area contributed by atoms with Gasteiger partial charge in [0.05, 0.1) is 19.6 Å². The summed E-state index contributed by atoms with van der Waals surface area (Å²) in [5.74, 6) is -1.31. The van der Waals surface area contributed by atoms with Crippen molar-refractivity contribution in [3.05, 3.63) is 39.8 Å². The van der Waals surface area contributed by atoms with Crippen molar-refractivity contribution in [2.45, 2.75) is 31.8 Å². The first kappa shape index (κ1) is 20.3. The molecule has 2 aliphatic rings. The summed E-state index contributed by atoms with van der Waals surface area (Å²) < 4.78 is 5.19. The zero-order valence-electron chi connectivity index (χ0n) is 15.6. The second kappa shape index (κ2) is 9.18. The van der Waals surface area contributed by atoms with Crippen molar-refractivity contribution in [3.8, 4) is 0 Å². The molecule has 11 nitrogen and oxygen atoms in total. The SMILES string of the molecule is [N-]=[N+]=NCCOCCC(=O)Nc1ccc2c(c1)CN(C1CCC(=O)NC1=O)C2=O. The number of benzene rings is 1. The fraction of sp³-hybridized carbons (Fsp3) is 0.444. The average molecular weight is 400 g/mol. The highest BCUT2D eigenvalue weighted by Gasteiger charge is 2.39. The van der Waals surface area contributed by atoms with E-state index >= 15 is 0 Å². The Morgan fingerprint density at radius 1 is 1.34 bits per heavy atom. The van der Waals surface area contributed by atoms with E-state index in [2.05, 4.69) is 20.7 Å². The zero-order chi connectivity index (χ0) is 20.8. The number of anilines is 1. The molecule has 2 heterocycles. The molecule has 1 saturated heterocycles. The van der Waals surface area contributed by atoms with Crippen LogP contribution in [0.2, 0.25) is 0 Å². The maximum atomic E-state index is 12.6. The first-order valence-corrected chi connectivity index (χ1v) is 9.15. The molecule has 2 N–H and O–H groups in total. The van der Waals surface area contributed by atoms with Gasteiger partial charge in [0.15, 0.2) is 0 Å². The molecular weight excluding hydrogens is 380 g/mol. The van der Waals surface area contributed by atoms with E-state index in [0.29, 0.717) is 23.2 Å². The number of ether oxygens (including phenoxy) is 1. The molecule has 0 radical (unpaired) electrons. The molecule has 1 unspecified atom stereocenters. The summed E-state index contributed by atoms with van der Waals surface area (Å²) in [5.41, 5.74) is 9.89. The molecule has 0 spiro atoms. The van der Waals surface area contributed by atoms with Crippen molar-refractivity contribution in [2.75, 3.05) is 25.1 Å². The van der Waals surface area contributed by atoms with Gasteiger partial charge < -0.3 is 15.0 Å². The second-order valence-electron chi connectivity index (χ2n) is 6.64. The highest BCUT2D eigenvalue weighted by molar-refractivity contribution is 6.05. The van der Waals surface area contributed by atoms with Crippen LogP contribution in [-0.4, -0.2) is 54.3 Å². The molecule has 152 valence electrons. The fourth-order valence-electron chi connectivity index (χ4n) is 3.29. The van der Waals surface area contributed by atoms with Gasteiger partial charge >= 0.3 is 0 Å². The monoisotopic (exact) mass is 400 g/mol. The van der Waals surface area contributed by atoms with Crippen LogP contribution in [0.5, 0.6) is 0 Å². The van der Waals surface area contributed by atoms with Crippen LogP contribution in [0.1, 0.15) is 35.2 Å². The van der Waals surface area contributed by atoms with Crippen LogP contribution in [0.15, 0.2) is 23.3 Å². The van der Waals surface area contributed by atoms with Crippen LogP contribution in [0, 0.1) is 0 Å². The summed E-state index contributed by atoms with van der Waals surface area (Å²) in [6.45, 7) is 0.890. The number of fused-ring (bicyclic) bond motifs is 1. The van der Waals surface area contributed by atoms with Crippen LogP contribution in [0.25, 0.3) is 10.4 Å². The molecule has 1 fully saturated rings. The van der Waals surface area contributed by atoms with Crippen LogP contribution < -0.4 is 10.6 Å². The molecule has 1 aromatic carbocycles. The van der Waals surface area contributed by atoms with Crippen LogP contribution in [-0.2, 0) is 25.7 Å². The van der Waals surface area contributed by atoms with E-state index in [1.54, 1.807) is 18.2 Å². The van der Waals surface area contributed by atoms with Crippen LogP contribution in [0.4, 0.5) is 5.69 Å². The van der Waals surface area contributed by atoms with E-state index in [1.807, 2.05) is 0 Å². The molecule has 0 aliphatic carbocycles. The number of azide groups is 1. The predicted octanol–water partition coefficient (Wildman–Crippen LogP) is 1.10. The number of imide groups is 1. The van der Waals surface area contributed by atoms with Crippen molar-refractivity contribution in [2.24, 2.45) is 5.11 Å². The first-order valence-electron chi connectivity index (χ1n) is 9.15. The minimum Gasteiger partial charge on any atom is -0.381 e. The van der Waals surface area contributed by atoms with Gasteiger partial charge in [-0.1, -0.05) is 5.11 Å². The minimum atomic E-state index is -0.673. The largest absolute Gasteiger partial charge is 0.381 e. The van der Waals surface area contributed by atoms with E-state index in [0.717, 1.165) is 0 Å². The summed E-state index contributed by atoms with van der Waals surface area (Å²) in [6.07, 6.45) is 0.630. The lowest BCUT2D eigenvalue weighted by molar-refractivity contribution is -0.137. The fourth-order valence-corrected chi connectivity index (χ4v) is 3.29. The van der Waals surface area contributed by atoms with Crippen molar-refractivity contribution in [1.29, 1.82) is 0 Å². The third-order valence-electron chi connectivity index (χ3n) is 4.68. The van der Waals surface area contributed by atoms with E-state index in [-0.39, 0.29) is 56.9 Å². The van der Waals surface area contributed by atoms with E-state index < -0.39 is 11.9 Å². The molecule has 1 aromatic rings. The van der Waals surface area contributed by atoms with Crippen molar-refractivity contribution >= 4 is 29.3 Å². The molecule has 2 aliphatic heterocycles. The highest BCUT2D eigenvalue weighted by Crippen LogP contribution is 2.29. The number of piperidine rings is 1. The lowest BCUT2D eigenvalue weighted by Crippen LogP contribution is -2.52. The lowest BCUT2D eigenvalue weighted by atomic mass is 10.0. The Labute approximate surface area is 166 Å². The number of amides is 4. The number of carbonyl (C=O) groups is 4. The standard InChI is InChI=1S/C18H20N6O5/c19-23-20-6-8-29-7-5-16(26)21-12-1-2-13-11(9-12)10-24(18(13)28)14-3-4-15(25)22-17(14)27/h1-2,9,14H,3-8,10H2,(H,21,26)(H,22,25,27). The Kier molecular flexibility index (Phi) is 6.43. The predicted molar refractivity (Wildman–Crippen MR) is 101 cm³/mol. The van der Waals surface area contributed by atoms with E-state index in [1.165, 1.54) is 4.90 Å². The summed E-state index contributed by atoms with van der Waals surface area (Å²) in [6, 6.07) is 4.29. The third kappa shape index (κ3) is 4.89.